The van der Waals surface area contributed by atoms with Gasteiger partial charge in [-0.1, -0.05) is 24.3 Å². The van der Waals surface area contributed by atoms with Crippen LogP contribution in [0.2, 0.25) is 0 Å². The molecule has 2 aliphatic rings. The van der Waals surface area contributed by atoms with Crippen LogP contribution < -0.4 is 0 Å². The van der Waals surface area contributed by atoms with Crippen LogP contribution in [0.1, 0.15) is 46.8 Å². The van der Waals surface area contributed by atoms with Crippen molar-refractivity contribution < 1.29 is 4.79 Å². The van der Waals surface area contributed by atoms with Gasteiger partial charge in [0.2, 0.25) is 0 Å². The smallest absolute Gasteiger partial charge is 0.254 e. The predicted octanol–water partition coefficient (Wildman–Crippen LogP) is 4.95. The first kappa shape index (κ1) is 19.5. The van der Waals surface area contributed by atoms with E-state index >= 15 is 0 Å². The fourth-order valence-electron chi connectivity index (χ4n) is 4.67. The summed E-state index contributed by atoms with van der Waals surface area (Å²) in [7, 11) is 0. The molecular formula is C25H27N3OS. The van der Waals surface area contributed by atoms with Crippen LogP contribution in [0.25, 0.3) is 22.6 Å². The van der Waals surface area contributed by atoms with Crippen molar-refractivity contribution in [2.24, 2.45) is 0 Å². The molecule has 4 nitrogen and oxygen atoms in total. The number of carbonyl (C=O) groups is 1. The van der Waals surface area contributed by atoms with Crippen LogP contribution >= 0.6 is 11.3 Å². The van der Waals surface area contributed by atoms with Crippen LogP contribution in [0.3, 0.4) is 0 Å². The molecule has 0 radical (unpaired) electrons. The summed E-state index contributed by atoms with van der Waals surface area (Å²) in [5.41, 5.74) is 5.19. The van der Waals surface area contributed by atoms with Gasteiger partial charge in [0.25, 0.3) is 5.91 Å². The number of para-hydroxylation sites is 1. The van der Waals surface area contributed by atoms with Gasteiger partial charge in [0.15, 0.2) is 0 Å². The summed E-state index contributed by atoms with van der Waals surface area (Å²) in [5, 5.41) is 3.09. The van der Waals surface area contributed by atoms with Crippen LogP contribution in [-0.2, 0) is 6.42 Å². The average Bonchev–Trinajstić information content (AvgIpc) is 3.42. The molecule has 0 N–H and O–H groups in total. The molecule has 1 aliphatic carbocycles. The zero-order chi connectivity index (χ0) is 20.7. The van der Waals surface area contributed by atoms with E-state index < -0.39 is 0 Å². The highest BCUT2D eigenvalue weighted by Crippen LogP contribution is 2.38. The second kappa shape index (κ2) is 7.97. The van der Waals surface area contributed by atoms with Gasteiger partial charge in [-0.15, -0.1) is 11.3 Å². The summed E-state index contributed by atoms with van der Waals surface area (Å²) in [4.78, 5) is 24.5. The summed E-state index contributed by atoms with van der Waals surface area (Å²) < 4.78 is 0. The number of carbonyl (C=O) groups excluding carboxylic acids is 1. The summed E-state index contributed by atoms with van der Waals surface area (Å²) in [6.45, 7) is 7.92. The van der Waals surface area contributed by atoms with Crippen molar-refractivity contribution >= 4 is 39.8 Å². The number of allylic oxidation sites excluding steroid dienone is 1. The van der Waals surface area contributed by atoms with E-state index in [1.54, 1.807) is 11.3 Å². The topological polar surface area (TPSA) is 36.4 Å². The molecule has 1 amide bonds. The van der Waals surface area contributed by atoms with Crippen molar-refractivity contribution in [3.05, 3.63) is 63.5 Å². The maximum absolute atomic E-state index is 13.7. The largest absolute Gasteiger partial charge is 0.336 e. The molecule has 0 bridgehead atoms. The molecule has 30 heavy (non-hydrogen) atoms. The monoisotopic (exact) mass is 417 g/mol. The molecule has 0 unspecified atom stereocenters. The minimum Gasteiger partial charge on any atom is -0.336 e. The number of piperazine rings is 1. The van der Waals surface area contributed by atoms with Gasteiger partial charge in [-0.2, -0.15) is 0 Å². The first-order valence-corrected chi connectivity index (χ1v) is 11.7. The van der Waals surface area contributed by atoms with Crippen molar-refractivity contribution in [2.45, 2.75) is 32.7 Å². The molecule has 1 aliphatic heterocycles. The molecule has 0 spiro atoms. The third-order valence-corrected chi connectivity index (χ3v) is 7.17. The van der Waals surface area contributed by atoms with Crippen molar-refractivity contribution in [3.8, 4) is 0 Å². The zero-order valence-corrected chi connectivity index (χ0v) is 18.4. The van der Waals surface area contributed by atoms with E-state index in [1.165, 1.54) is 10.5 Å². The quantitative estimate of drug-likeness (QED) is 0.605. The molecule has 3 aromatic rings. The molecule has 154 valence electrons. The lowest BCUT2D eigenvalue weighted by molar-refractivity contribution is 0.0596. The van der Waals surface area contributed by atoms with Gasteiger partial charge in [-0.05, 0) is 61.4 Å². The number of amides is 1. The zero-order valence-electron chi connectivity index (χ0n) is 17.6. The predicted molar refractivity (Wildman–Crippen MR) is 125 cm³/mol. The number of pyridine rings is 1. The summed E-state index contributed by atoms with van der Waals surface area (Å²) >= 11 is 1.74. The molecule has 1 saturated heterocycles. The van der Waals surface area contributed by atoms with E-state index in [1.807, 2.05) is 23.1 Å². The lowest BCUT2D eigenvalue weighted by Crippen LogP contribution is -2.50. The second-order valence-corrected chi connectivity index (χ2v) is 9.42. The van der Waals surface area contributed by atoms with Gasteiger partial charge in [0.1, 0.15) is 0 Å². The van der Waals surface area contributed by atoms with Crippen molar-refractivity contribution in [2.75, 3.05) is 26.2 Å². The molecule has 0 atom stereocenters. The Hall–Kier alpha value is -2.50. The van der Waals surface area contributed by atoms with Crippen LogP contribution in [0.15, 0.2) is 41.8 Å². The van der Waals surface area contributed by atoms with Gasteiger partial charge in [0.05, 0.1) is 16.8 Å². The maximum Gasteiger partial charge on any atom is 0.254 e. The number of benzene rings is 1. The molecule has 5 heteroatoms. The van der Waals surface area contributed by atoms with Gasteiger partial charge in [-0.3, -0.25) is 9.69 Å². The van der Waals surface area contributed by atoms with E-state index in [0.29, 0.717) is 6.04 Å². The van der Waals surface area contributed by atoms with Crippen molar-refractivity contribution in [1.82, 2.24) is 14.8 Å². The SMILES string of the molecule is CC(C)N1CCN(C(=O)c2c3c(nc4ccccc24)/C(=C\c2cccs2)CC3)CC1. The lowest BCUT2D eigenvalue weighted by atomic mass is 9.99. The molecular weight excluding hydrogens is 390 g/mol. The highest BCUT2D eigenvalue weighted by Gasteiger charge is 2.30. The van der Waals surface area contributed by atoms with E-state index in [2.05, 4.69) is 48.4 Å². The Morgan fingerprint density at radius 1 is 1.07 bits per heavy atom. The minimum absolute atomic E-state index is 0.172. The average molecular weight is 418 g/mol. The molecule has 1 fully saturated rings. The summed E-state index contributed by atoms with van der Waals surface area (Å²) in [5.74, 6) is 0.172. The Kier molecular flexibility index (Phi) is 5.17. The first-order chi connectivity index (χ1) is 14.6. The van der Waals surface area contributed by atoms with Crippen LogP contribution in [-0.4, -0.2) is 52.9 Å². The summed E-state index contributed by atoms with van der Waals surface area (Å²) in [6, 6.07) is 12.9. The lowest BCUT2D eigenvalue weighted by Gasteiger charge is -2.37. The van der Waals surface area contributed by atoms with Crippen molar-refractivity contribution in [1.29, 1.82) is 0 Å². The molecule has 5 rings (SSSR count). The first-order valence-electron chi connectivity index (χ1n) is 10.8. The number of thiophene rings is 1. The number of fused-ring (bicyclic) bond motifs is 2. The summed E-state index contributed by atoms with van der Waals surface area (Å²) in [6.07, 6.45) is 4.07. The standard InChI is InChI=1S/C25H27N3OS/c1-17(2)27-11-13-28(14-12-27)25(29)23-20-7-3-4-8-22(20)26-24-18(9-10-21(23)24)16-19-6-5-15-30-19/h3-8,15-17H,9-14H2,1-2H3/b18-16-. The van der Waals surface area contributed by atoms with E-state index in [4.69, 9.17) is 4.98 Å². The maximum atomic E-state index is 13.7. The van der Waals surface area contributed by atoms with Crippen LogP contribution in [0, 0.1) is 0 Å². The van der Waals surface area contributed by atoms with Gasteiger partial charge < -0.3 is 4.90 Å². The number of hydrogen-bond donors (Lipinski definition) is 0. The number of nitrogens with zero attached hydrogens (tertiary/aromatic N) is 3. The van der Waals surface area contributed by atoms with E-state index in [-0.39, 0.29) is 5.91 Å². The van der Waals surface area contributed by atoms with E-state index in [9.17, 15) is 4.79 Å². The van der Waals surface area contributed by atoms with Crippen LogP contribution in [0.5, 0.6) is 0 Å². The Bertz CT molecular complexity index is 1110. The highest BCUT2D eigenvalue weighted by atomic mass is 32.1. The molecule has 2 aromatic heterocycles. The number of hydrogen-bond acceptors (Lipinski definition) is 4. The Morgan fingerprint density at radius 3 is 2.60 bits per heavy atom. The minimum atomic E-state index is 0.172. The molecule has 0 saturated carbocycles. The van der Waals surface area contributed by atoms with Crippen LogP contribution in [0.4, 0.5) is 0 Å². The number of aromatic nitrogens is 1. The van der Waals surface area contributed by atoms with Gasteiger partial charge in [0, 0.05) is 42.5 Å². The second-order valence-electron chi connectivity index (χ2n) is 8.44. The molecule has 3 heterocycles. The normalized spacial score (nSPS) is 18.5. The Balaban J connectivity index is 1.56. The van der Waals surface area contributed by atoms with Gasteiger partial charge >= 0.3 is 0 Å². The fourth-order valence-corrected chi connectivity index (χ4v) is 5.35. The third-order valence-electron chi connectivity index (χ3n) is 6.35. The fraction of sp³-hybridized carbons (Fsp3) is 0.360. The number of rotatable bonds is 3. The van der Waals surface area contributed by atoms with Gasteiger partial charge in [-0.25, -0.2) is 4.98 Å². The highest BCUT2D eigenvalue weighted by molar-refractivity contribution is 7.10. The van der Waals surface area contributed by atoms with E-state index in [0.717, 1.165) is 66.7 Å². The Morgan fingerprint density at radius 2 is 1.87 bits per heavy atom. The molecule has 1 aromatic carbocycles. The van der Waals surface area contributed by atoms with Crippen molar-refractivity contribution in [3.63, 3.8) is 0 Å². The third kappa shape index (κ3) is 3.46. The Labute approximate surface area is 181 Å².